The Hall–Kier alpha value is -6.54. The number of hydrogen-bond donors (Lipinski definition) is 11. The van der Waals surface area contributed by atoms with Gasteiger partial charge in [0.05, 0.1) is 26.2 Å². The number of rotatable bonds is 23. The number of fused-ring (bicyclic) bond motifs is 1. The molecule has 2 unspecified atom stereocenters. The molecule has 4 amide bonds. The fourth-order valence-corrected chi connectivity index (χ4v) is 11.7. The summed E-state index contributed by atoms with van der Waals surface area (Å²) in [6, 6.07) is -3.69. The summed E-state index contributed by atoms with van der Waals surface area (Å²) >= 11 is 4.35. The molecule has 5 atom stereocenters. The zero-order valence-corrected chi connectivity index (χ0v) is 41.1. The average Bonchev–Trinajstić information content (AvgIpc) is 4.10. The lowest BCUT2D eigenvalue weighted by atomic mass is 10.0. The number of thiazole rings is 2. The first-order chi connectivity index (χ1) is 33.3. The van der Waals surface area contributed by atoms with Crippen LogP contribution in [0.5, 0.6) is 0 Å². The summed E-state index contributed by atoms with van der Waals surface area (Å²) in [5, 5.41) is 52.6. The van der Waals surface area contributed by atoms with Crippen LogP contribution in [-0.2, 0) is 43.2 Å². The lowest BCUT2D eigenvalue weighted by molar-refractivity contribution is -0.893. The van der Waals surface area contributed by atoms with E-state index in [0.717, 1.165) is 67.5 Å². The predicted octanol–water partition coefficient (Wildman–Crippen LogP) is -1.72. The number of guanidine groups is 1. The van der Waals surface area contributed by atoms with Crippen molar-refractivity contribution in [2.75, 3.05) is 76.1 Å². The molecule has 4 aliphatic heterocycles. The molecule has 0 radical (unpaired) electrons. The van der Waals surface area contributed by atoms with Crippen molar-refractivity contribution >= 4 is 115 Å². The molecule has 2 aromatic rings. The third-order valence-corrected chi connectivity index (χ3v) is 15.3. The zero-order chi connectivity index (χ0) is 50.9. The minimum Gasteiger partial charge on any atom is -0.480 e. The number of amides is 4. The Kier molecular flexibility index (Phi) is 17.6. The van der Waals surface area contributed by atoms with E-state index in [1.165, 1.54) is 34.5 Å². The number of anilines is 2. The van der Waals surface area contributed by atoms with Gasteiger partial charge in [-0.25, -0.2) is 24.4 Å². The van der Waals surface area contributed by atoms with E-state index >= 15 is 0 Å². The molecule has 31 heteroatoms. The highest BCUT2D eigenvalue weighted by Crippen LogP contribution is 2.41. The second-order valence-electron chi connectivity index (χ2n) is 16.2. The summed E-state index contributed by atoms with van der Waals surface area (Å²) in [6.07, 6.45) is 2.78. The molecule has 0 saturated carbocycles. The fourth-order valence-electron chi connectivity index (χ4n) is 7.82. The number of carbonyl (C=O) groups is 7. The number of likely N-dealkylation sites (tertiary alicyclic amines) is 1. The van der Waals surface area contributed by atoms with Crippen molar-refractivity contribution in [3.63, 3.8) is 0 Å². The van der Waals surface area contributed by atoms with E-state index in [2.05, 4.69) is 58.9 Å². The van der Waals surface area contributed by atoms with Crippen LogP contribution in [-0.4, -0.2) is 188 Å². The van der Waals surface area contributed by atoms with Gasteiger partial charge in [0.1, 0.15) is 60.3 Å². The average molecular weight is 1050 g/mol. The lowest BCUT2D eigenvalue weighted by Gasteiger charge is -2.49. The number of aliphatic imine (C=N–C) groups is 1. The summed E-state index contributed by atoms with van der Waals surface area (Å²) in [5.74, 6) is -6.83. The minimum atomic E-state index is -1.71. The predicted molar refractivity (Wildman–Crippen MR) is 260 cm³/mol. The second kappa shape index (κ2) is 23.4. The van der Waals surface area contributed by atoms with Crippen LogP contribution in [0.2, 0.25) is 0 Å². The Morgan fingerprint density at radius 2 is 1.56 bits per heavy atom. The smallest absolute Gasteiger partial charge is 0.352 e. The molecule has 14 N–H and O–H groups in total. The number of β-lactam (4-membered cyclic amide) rings is 1. The SMILES string of the molecule is CO/N=C(\C(=O)NC(C(=O)O)C1NC(C(=O)O)=C(CNc2nc(/C(=N/OC)C(=O)N[C@@H]3C(=O)N4C(C(=O)O)=C(C[N+]5(C)CCCC5)CS[C@H]34)cs2)CS1)c1csc(NC(=O)[C@H](N)CCCN=C(N)N)n1. The molecule has 0 aromatic carbocycles. The molecule has 2 aromatic heterocycles. The first-order valence-electron chi connectivity index (χ1n) is 21.3. The minimum absolute atomic E-state index is 0.0160. The van der Waals surface area contributed by atoms with Gasteiger partial charge < -0.3 is 73.3 Å². The Balaban J connectivity index is 1.06. The molecule has 27 nitrogen and oxygen atoms in total. The molecule has 0 aliphatic carbocycles. The maximum absolute atomic E-state index is 13.6. The van der Waals surface area contributed by atoms with Crippen LogP contribution in [0, 0.1) is 0 Å². The molecule has 4 aliphatic rings. The second-order valence-corrected chi connectivity index (χ2v) is 20.2. The number of quaternary nitrogens is 1. The van der Waals surface area contributed by atoms with E-state index in [1.807, 2.05) is 0 Å². The van der Waals surface area contributed by atoms with Crippen LogP contribution in [0.25, 0.3) is 0 Å². The van der Waals surface area contributed by atoms with Crippen LogP contribution in [0.15, 0.2) is 48.6 Å². The first-order valence-corrected chi connectivity index (χ1v) is 25.1. The Morgan fingerprint density at radius 1 is 0.929 bits per heavy atom. The van der Waals surface area contributed by atoms with Gasteiger partial charge in [-0.2, -0.15) is 0 Å². The maximum Gasteiger partial charge on any atom is 0.352 e. The van der Waals surface area contributed by atoms with Crippen molar-refractivity contribution in [3.05, 3.63) is 44.7 Å². The fraction of sp³-hybridized carbons (Fsp3) is 0.487. The Bertz CT molecular complexity index is 2530. The van der Waals surface area contributed by atoms with Crippen molar-refractivity contribution in [2.24, 2.45) is 32.5 Å². The summed E-state index contributed by atoms with van der Waals surface area (Å²) in [7, 11) is 4.45. The number of nitrogens with two attached hydrogens (primary N) is 3. The van der Waals surface area contributed by atoms with Crippen LogP contribution < -0.4 is 43.8 Å². The standard InChI is InChI=1S/C39H51N15O12S4/c1-54(9-4-5-10-54)12-18-14-68-33-26(32(58)53(33)27(18)36(63)64)48-30(57)23(51-65-2)20-15-69-38(45-20)44-11-17-13-67-31(49-22(17)34(59)60)25(35(61)62)47-29(56)24(52-66-3)21-16-70-39(46-21)50-28(55)19(40)7-6-8-43-37(41)42/h15-16,19,25-26,31,33,49H,4-14,40H2,1-3H3,(H10-,41,42,43,44,45,46,47,48,50,55,56,57,59,60,61,62,63,64)/p+1/b51-23-,52-24-/t19-,25?,26-,31?,33-/m1/s1. The number of aliphatic carboxylic acids is 3. The van der Waals surface area contributed by atoms with Gasteiger partial charge in [-0.15, -0.1) is 46.2 Å². The maximum atomic E-state index is 13.6. The van der Waals surface area contributed by atoms with Gasteiger partial charge in [0.2, 0.25) is 5.91 Å². The van der Waals surface area contributed by atoms with Gasteiger partial charge in [-0.3, -0.25) is 29.1 Å². The number of likely N-dealkylation sites (N-methyl/N-ethyl adjacent to an activating group) is 1. The van der Waals surface area contributed by atoms with Crippen LogP contribution in [0.3, 0.4) is 0 Å². The van der Waals surface area contributed by atoms with Crippen LogP contribution in [0.4, 0.5) is 10.3 Å². The number of carbonyl (C=O) groups excluding carboxylic acids is 4. The first kappa shape index (κ1) is 52.8. The van der Waals surface area contributed by atoms with Gasteiger partial charge in [-0.1, -0.05) is 10.3 Å². The monoisotopic (exact) mass is 1050 g/mol. The van der Waals surface area contributed by atoms with Crippen molar-refractivity contribution < 1.29 is 63.0 Å². The van der Waals surface area contributed by atoms with Gasteiger partial charge in [-0.05, 0) is 18.4 Å². The van der Waals surface area contributed by atoms with Gasteiger partial charge in [0, 0.05) is 53.8 Å². The number of carboxylic acid groups (broad SMARTS) is 3. The van der Waals surface area contributed by atoms with Crippen molar-refractivity contribution in [1.29, 1.82) is 0 Å². The molecule has 70 heavy (non-hydrogen) atoms. The van der Waals surface area contributed by atoms with E-state index < -0.39 is 76.1 Å². The molecule has 2 fully saturated rings. The van der Waals surface area contributed by atoms with E-state index in [9.17, 15) is 48.9 Å². The van der Waals surface area contributed by atoms with Gasteiger partial charge in [0.15, 0.2) is 33.7 Å². The van der Waals surface area contributed by atoms with Crippen molar-refractivity contribution in [3.8, 4) is 0 Å². The highest BCUT2D eigenvalue weighted by atomic mass is 32.2. The van der Waals surface area contributed by atoms with Crippen molar-refractivity contribution in [2.45, 2.75) is 54.6 Å². The lowest BCUT2D eigenvalue weighted by Crippen LogP contribution is -2.71. The normalized spacial score (nSPS) is 20.8. The number of carboxylic acids is 3. The third-order valence-electron chi connectivity index (χ3n) is 11.2. The van der Waals surface area contributed by atoms with Gasteiger partial charge >= 0.3 is 17.9 Å². The van der Waals surface area contributed by atoms with E-state index in [4.69, 9.17) is 26.9 Å². The topological polar surface area (TPSA) is 403 Å². The Labute approximate surface area is 415 Å². The van der Waals surface area contributed by atoms with Crippen LogP contribution >= 0.6 is 46.2 Å². The van der Waals surface area contributed by atoms with E-state index in [0.29, 0.717) is 34.3 Å². The number of oxime groups is 2. The molecular formula is C39H52N15O12S4+. The molecule has 2 saturated heterocycles. The molecule has 6 rings (SSSR count). The van der Waals surface area contributed by atoms with E-state index in [-0.39, 0.29) is 70.0 Å². The zero-order valence-electron chi connectivity index (χ0n) is 37.8. The third kappa shape index (κ3) is 12.6. The number of nitrogens with zero attached hydrogens (tertiary/aromatic N) is 7. The van der Waals surface area contributed by atoms with Gasteiger partial charge in [0.25, 0.3) is 17.7 Å². The van der Waals surface area contributed by atoms with Crippen LogP contribution in [0.1, 0.15) is 37.1 Å². The number of thioether (sulfide) groups is 2. The summed E-state index contributed by atoms with van der Waals surface area (Å²) in [5.41, 5.74) is 16.4. The molecule has 378 valence electrons. The highest BCUT2D eigenvalue weighted by molar-refractivity contribution is 8.00. The molecule has 6 heterocycles. The summed E-state index contributed by atoms with van der Waals surface area (Å²) in [6.45, 7) is 2.53. The summed E-state index contributed by atoms with van der Waals surface area (Å²) < 4.78 is 0.698. The quantitative estimate of drug-likeness (QED) is 0.0147. The highest BCUT2D eigenvalue weighted by Gasteiger charge is 2.55. The number of hydrogen-bond acceptors (Lipinski definition) is 21. The molecule has 0 spiro atoms. The van der Waals surface area contributed by atoms with Crippen molar-refractivity contribution in [1.82, 2.24) is 30.8 Å². The number of aromatic nitrogens is 2. The summed E-state index contributed by atoms with van der Waals surface area (Å²) in [4.78, 5) is 114. The largest absolute Gasteiger partial charge is 0.480 e. The molecule has 0 bridgehead atoms. The number of nitrogens with one attached hydrogen (secondary N) is 5. The Morgan fingerprint density at radius 3 is 2.17 bits per heavy atom. The van der Waals surface area contributed by atoms with E-state index in [1.54, 1.807) is 0 Å². The molecular weight excluding hydrogens is 999 g/mol.